The van der Waals surface area contributed by atoms with Crippen molar-refractivity contribution in [3.05, 3.63) is 20.9 Å². The van der Waals surface area contributed by atoms with Gasteiger partial charge < -0.3 is 4.74 Å². The van der Waals surface area contributed by atoms with Crippen LogP contribution in [0.3, 0.4) is 0 Å². The molecule has 1 aromatic rings. The lowest BCUT2D eigenvalue weighted by Gasteiger charge is -2.13. The minimum atomic E-state index is -0.263. The van der Waals surface area contributed by atoms with E-state index in [2.05, 4.69) is 6.92 Å². The molecule has 0 N–H and O–H groups in total. The van der Waals surface area contributed by atoms with Crippen LogP contribution >= 0.6 is 11.3 Å². The molecule has 1 heterocycles. The van der Waals surface area contributed by atoms with Gasteiger partial charge in [-0.05, 0) is 38.2 Å². The molecule has 1 aliphatic rings. The first-order valence-electron chi connectivity index (χ1n) is 7.03. The molecule has 3 nitrogen and oxygen atoms in total. The molecule has 0 saturated carbocycles. The number of ketones is 1. The fraction of sp³-hybridized carbons (Fsp3) is 0.600. The molecule has 0 amide bonds. The number of thiophene rings is 1. The molecule has 1 aromatic heterocycles. The van der Waals surface area contributed by atoms with E-state index in [0.717, 1.165) is 48.1 Å². The van der Waals surface area contributed by atoms with Gasteiger partial charge in [0.05, 0.1) is 6.61 Å². The Morgan fingerprint density at radius 3 is 2.79 bits per heavy atom. The van der Waals surface area contributed by atoms with Gasteiger partial charge in [0.2, 0.25) is 0 Å². The van der Waals surface area contributed by atoms with Gasteiger partial charge in [-0.2, -0.15) is 0 Å². The topological polar surface area (TPSA) is 43.4 Å². The van der Waals surface area contributed by atoms with Crippen LogP contribution in [0.1, 0.15) is 70.0 Å². The summed E-state index contributed by atoms with van der Waals surface area (Å²) in [5, 5.41) is 0. The summed E-state index contributed by atoms with van der Waals surface area (Å²) < 4.78 is 5.11. The Labute approximate surface area is 118 Å². The monoisotopic (exact) mass is 280 g/mol. The van der Waals surface area contributed by atoms with Crippen molar-refractivity contribution in [2.45, 2.75) is 52.4 Å². The second kappa shape index (κ2) is 6.33. The van der Waals surface area contributed by atoms with E-state index in [9.17, 15) is 9.59 Å². The van der Waals surface area contributed by atoms with E-state index < -0.39 is 0 Å². The smallest absolute Gasteiger partial charge is 0.348 e. The van der Waals surface area contributed by atoms with Gasteiger partial charge in [0, 0.05) is 16.9 Å². The van der Waals surface area contributed by atoms with Gasteiger partial charge >= 0.3 is 5.97 Å². The zero-order valence-corrected chi connectivity index (χ0v) is 12.4. The number of esters is 1. The third-order valence-corrected chi connectivity index (χ3v) is 4.68. The molecule has 0 bridgehead atoms. The highest BCUT2D eigenvalue weighted by atomic mass is 32.1. The molecule has 0 aliphatic heterocycles. The molecule has 0 atom stereocenters. The van der Waals surface area contributed by atoms with Crippen molar-refractivity contribution in [3.63, 3.8) is 0 Å². The second-order valence-electron chi connectivity index (χ2n) is 4.81. The van der Waals surface area contributed by atoms with Gasteiger partial charge in [0.25, 0.3) is 0 Å². The Kier molecular flexibility index (Phi) is 4.75. The number of carbonyl (C=O) groups is 2. The Hall–Kier alpha value is -1.16. The van der Waals surface area contributed by atoms with E-state index in [-0.39, 0.29) is 11.8 Å². The molecule has 2 rings (SSSR count). The van der Waals surface area contributed by atoms with Crippen molar-refractivity contribution in [2.75, 3.05) is 6.61 Å². The zero-order valence-electron chi connectivity index (χ0n) is 11.6. The second-order valence-corrected chi connectivity index (χ2v) is 5.91. The maximum absolute atomic E-state index is 12.1. The van der Waals surface area contributed by atoms with Crippen LogP contribution in [0.5, 0.6) is 0 Å². The number of aryl methyl sites for hydroxylation is 1. The molecule has 104 valence electrons. The predicted molar refractivity (Wildman–Crippen MR) is 76.2 cm³/mol. The molecule has 0 unspecified atom stereocenters. The van der Waals surface area contributed by atoms with E-state index in [1.165, 1.54) is 11.3 Å². The minimum absolute atomic E-state index is 0.208. The van der Waals surface area contributed by atoms with Crippen LogP contribution in [-0.4, -0.2) is 18.4 Å². The van der Waals surface area contributed by atoms with Crippen molar-refractivity contribution in [3.8, 4) is 0 Å². The first-order valence-corrected chi connectivity index (χ1v) is 7.85. The van der Waals surface area contributed by atoms with Crippen LogP contribution in [-0.2, 0) is 17.6 Å². The number of ether oxygens (including phenoxy) is 1. The molecule has 0 aromatic carbocycles. The van der Waals surface area contributed by atoms with Crippen molar-refractivity contribution in [2.24, 2.45) is 0 Å². The van der Waals surface area contributed by atoms with E-state index in [4.69, 9.17) is 4.74 Å². The Morgan fingerprint density at radius 1 is 1.32 bits per heavy atom. The number of carbonyl (C=O) groups excluding carboxylic acids is 2. The maximum Gasteiger partial charge on any atom is 0.348 e. The lowest BCUT2D eigenvalue weighted by molar-refractivity contribution is 0.0531. The normalized spacial score (nSPS) is 14.3. The Balaban J connectivity index is 2.39. The van der Waals surface area contributed by atoms with Crippen LogP contribution in [0.25, 0.3) is 0 Å². The Bertz CT molecular complexity index is 488. The highest BCUT2D eigenvalue weighted by molar-refractivity contribution is 7.14. The van der Waals surface area contributed by atoms with Crippen LogP contribution in [0.2, 0.25) is 0 Å². The zero-order chi connectivity index (χ0) is 13.8. The summed E-state index contributed by atoms with van der Waals surface area (Å²) in [7, 11) is 0. The number of hydrogen-bond donors (Lipinski definition) is 0. The van der Waals surface area contributed by atoms with Crippen molar-refractivity contribution < 1.29 is 14.3 Å². The van der Waals surface area contributed by atoms with Crippen LogP contribution in [0, 0.1) is 0 Å². The number of Topliss-reactive ketones (excluding diaryl/α,β-unsaturated/α-hetero) is 1. The maximum atomic E-state index is 12.1. The van der Waals surface area contributed by atoms with Gasteiger partial charge in [0.15, 0.2) is 5.78 Å². The van der Waals surface area contributed by atoms with Crippen molar-refractivity contribution in [1.29, 1.82) is 0 Å². The summed E-state index contributed by atoms with van der Waals surface area (Å²) >= 11 is 1.47. The van der Waals surface area contributed by atoms with Gasteiger partial charge in [-0.25, -0.2) is 4.79 Å². The van der Waals surface area contributed by atoms with E-state index in [1.807, 2.05) is 0 Å². The molecule has 19 heavy (non-hydrogen) atoms. The van der Waals surface area contributed by atoms with Gasteiger partial charge in [-0.15, -0.1) is 11.3 Å². The average molecular weight is 280 g/mol. The fourth-order valence-electron chi connectivity index (χ4n) is 2.51. The fourth-order valence-corrected chi connectivity index (χ4v) is 3.81. The molecular formula is C15H20O3S. The van der Waals surface area contributed by atoms with E-state index in [1.54, 1.807) is 6.92 Å². The molecule has 0 fully saturated rings. The van der Waals surface area contributed by atoms with Crippen molar-refractivity contribution >= 4 is 23.1 Å². The summed E-state index contributed by atoms with van der Waals surface area (Å²) in [6.45, 7) is 4.32. The summed E-state index contributed by atoms with van der Waals surface area (Å²) in [4.78, 5) is 25.9. The number of hydrogen-bond acceptors (Lipinski definition) is 4. The lowest BCUT2D eigenvalue weighted by Crippen LogP contribution is -2.13. The summed E-state index contributed by atoms with van der Waals surface area (Å²) in [6.07, 6.45) is 5.35. The lowest BCUT2D eigenvalue weighted by atomic mass is 9.90. The third kappa shape index (κ3) is 2.89. The summed E-state index contributed by atoms with van der Waals surface area (Å²) in [5.74, 6) is -0.0552. The molecule has 0 saturated heterocycles. The van der Waals surface area contributed by atoms with E-state index >= 15 is 0 Å². The number of unbranched alkanes of at least 4 members (excludes halogenated alkanes) is 1. The van der Waals surface area contributed by atoms with Gasteiger partial charge in [0.1, 0.15) is 4.88 Å². The first kappa shape index (κ1) is 14.3. The first-order chi connectivity index (χ1) is 9.19. The third-order valence-electron chi connectivity index (χ3n) is 3.41. The van der Waals surface area contributed by atoms with Crippen LogP contribution in [0.15, 0.2) is 0 Å². The predicted octanol–water partition coefficient (Wildman–Crippen LogP) is 3.79. The summed E-state index contributed by atoms with van der Waals surface area (Å²) in [6, 6.07) is 0. The highest BCUT2D eigenvalue weighted by Gasteiger charge is 2.29. The molecule has 0 radical (unpaired) electrons. The van der Waals surface area contributed by atoms with Gasteiger partial charge in [-0.3, -0.25) is 4.79 Å². The standard InChI is InChI=1S/C15H20O3S/c1-3-5-9-12-13-10(7-6-8-11(13)16)14(19-12)15(17)18-4-2/h3-9H2,1-2H3. The van der Waals surface area contributed by atoms with E-state index in [0.29, 0.717) is 17.9 Å². The van der Waals surface area contributed by atoms with Crippen LogP contribution in [0.4, 0.5) is 0 Å². The number of fused-ring (bicyclic) bond motifs is 1. The quantitative estimate of drug-likeness (QED) is 0.771. The molecule has 4 heteroatoms. The Morgan fingerprint density at radius 2 is 2.11 bits per heavy atom. The largest absolute Gasteiger partial charge is 0.462 e. The molecule has 0 spiro atoms. The minimum Gasteiger partial charge on any atom is -0.462 e. The number of rotatable bonds is 5. The SMILES string of the molecule is CCCCc1sc(C(=O)OCC)c2c1C(=O)CCC2. The summed E-state index contributed by atoms with van der Waals surface area (Å²) in [5.41, 5.74) is 1.79. The van der Waals surface area contributed by atoms with Crippen LogP contribution < -0.4 is 0 Å². The van der Waals surface area contributed by atoms with Crippen molar-refractivity contribution in [1.82, 2.24) is 0 Å². The van der Waals surface area contributed by atoms with Gasteiger partial charge in [-0.1, -0.05) is 13.3 Å². The molecular weight excluding hydrogens is 260 g/mol. The molecule has 1 aliphatic carbocycles. The highest BCUT2D eigenvalue weighted by Crippen LogP contribution is 2.35. The average Bonchev–Trinajstić information content (AvgIpc) is 2.77.